The maximum absolute atomic E-state index is 12.6. The predicted octanol–water partition coefficient (Wildman–Crippen LogP) is 5.14. The van der Waals surface area contributed by atoms with Crippen LogP contribution in [0.3, 0.4) is 0 Å². The van der Waals surface area contributed by atoms with Gasteiger partial charge in [0.2, 0.25) is 17.6 Å². The summed E-state index contributed by atoms with van der Waals surface area (Å²) in [5.74, 6) is 1.98. The summed E-state index contributed by atoms with van der Waals surface area (Å²) in [6, 6.07) is 16.0. The van der Waals surface area contributed by atoms with Crippen LogP contribution in [-0.2, 0) is 17.6 Å². The van der Waals surface area contributed by atoms with Crippen molar-refractivity contribution in [3.05, 3.63) is 65.5 Å². The van der Waals surface area contributed by atoms with E-state index in [4.69, 9.17) is 9.26 Å². The molecule has 31 heavy (non-hydrogen) atoms. The summed E-state index contributed by atoms with van der Waals surface area (Å²) >= 11 is 0. The van der Waals surface area contributed by atoms with Gasteiger partial charge in [-0.3, -0.25) is 4.79 Å². The van der Waals surface area contributed by atoms with Crippen LogP contribution in [0.1, 0.15) is 56.7 Å². The lowest BCUT2D eigenvalue weighted by molar-refractivity contribution is -0.122. The van der Waals surface area contributed by atoms with Crippen molar-refractivity contribution in [1.82, 2.24) is 15.5 Å². The van der Waals surface area contributed by atoms with Gasteiger partial charge in [-0.1, -0.05) is 56.6 Å². The largest absolute Gasteiger partial charge is 0.497 e. The Morgan fingerprint density at radius 1 is 1.06 bits per heavy atom. The highest BCUT2D eigenvalue weighted by Crippen LogP contribution is 2.23. The maximum Gasteiger partial charge on any atom is 0.227 e. The molecule has 3 rings (SSSR count). The molecule has 6 nitrogen and oxygen atoms in total. The van der Waals surface area contributed by atoms with Crippen molar-refractivity contribution in [2.45, 2.75) is 52.5 Å². The van der Waals surface area contributed by atoms with Crippen LogP contribution in [0.2, 0.25) is 0 Å². The molecule has 164 valence electrons. The number of carbonyl (C=O) groups is 1. The van der Waals surface area contributed by atoms with Gasteiger partial charge in [-0.25, -0.2) is 0 Å². The number of hydrogen-bond acceptors (Lipinski definition) is 5. The molecule has 0 aliphatic rings. The van der Waals surface area contributed by atoms with E-state index < -0.39 is 0 Å². The summed E-state index contributed by atoms with van der Waals surface area (Å²) in [7, 11) is 1.62. The minimum atomic E-state index is -0.0273. The predicted molar refractivity (Wildman–Crippen MR) is 121 cm³/mol. The Hall–Kier alpha value is -3.15. The lowest BCUT2D eigenvalue weighted by Gasteiger charge is -2.23. The van der Waals surface area contributed by atoms with Crippen molar-refractivity contribution >= 4 is 5.91 Å². The van der Waals surface area contributed by atoms with E-state index in [2.05, 4.69) is 60.5 Å². The first-order valence-electron chi connectivity index (χ1n) is 10.8. The normalized spacial score (nSPS) is 12.0. The lowest BCUT2D eigenvalue weighted by atomic mass is 9.94. The fraction of sp³-hybridized carbons (Fsp3) is 0.400. The van der Waals surface area contributed by atoms with Crippen LogP contribution in [0.25, 0.3) is 11.4 Å². The molecule has 3 aromatic rings. The van der Waals surface area contributed by atoms with Crippen LogP contribution >= 0.6 is 0 Å². The monoisotopic (exact) mass is 421 g/mol. The standard InChI is InChI=1S/C25H31N3O3/c1-5-6-18-7-9-19(10-8-18)24(17(2)3)26-22(29)15-16-23-27-25(28-31-23)20-11-13-21(30-4)14-12-20/h7-14,17,24H,5-6,15-16H2,1-4H3,(H,26,29). The molecule has 0 spiro atoms. The first-order valence-corrected chi connectivity index (χ1v) is 10.8. The number of amides is 1. The molecular weight excluding hydrogens is 390 g/mol. The number of aromatic nitrogens is 2. The van der Waals surface area contributed by atoms with E-state index in [1.54, 1.807) is 7.11 Å². The van der Waals surface area contributed by atoms with E-state index in [0.717, 1.165) is 29.7 Å². The van der Waals surface area contributed by atoms with Gasteiger partial charge in [0, 0.05) is 18.4 Å². The van der Waals surface area contributed by atoms with Gasteiger partial charge in [-0.05, 0) is 47.7 Å². The van der Waals surface area contributed by atoms with E-state index in [1.807, 2.05) is 24.3 Å². The minimum Gasteiger partial charge on any atom is -0.497 e. The number of methoxy groups -OCH3 is 1. The summed E-state index contributed by atoms with van der Waals surface area (Å²) in [6.07, 6.45) is 2.89. The van der Waals surface area contributed by atoms with Crippen molar-refractivity contribution in [3.8, 4) is 17.1 Å². The van der Waals surface area contributed by atoms with Gasteiger partial charge in [-0.2, -0.15) is 4.98 Å². The molecule has 0 radical (unpaired) electrons. The topological polar surface area (TPSA) is 77.2 Å². The van der Waals surface area contributed by atoms with Crippen LogP contribution in [0.4, 0.5) is 0 Å². The Morgan fingerprint density at radius 2 is 1.77 bits per heavy atom. The second-order valence-corrected chi connectivity index (χ2v) is 8.02. The van der Waals surface area contributed by atoms with E-state index in [0.29, 0.717) is 24.6 Å². The molecule has 6 heteroatoms. The number of ether oxygens (including phenoxy) is 1. The SMILES string of the molecule is CCCc1ccc(C(NC(=O)CCc2nc(-c3ccc(OC)cc3)no2)C(C)C)cc1. The molecule has 1 aromatic heterocycles. The summed E-state index contributed by atoms with van der Waals surface area (Å²) in [5.41, 5.74) is 3.29. The molecule has 1 heterocycles. The number of nitrogens with zero attached hydrogens (tertiary/aromatic N) is 2. The number of nitrogens with one attached hydrogen (secondary N) is 1. The molecule has 1 atom stereocenters. The zero-order valence-corrected chi connectivity index (χ0v) is 18.7. The van der Waals surface area contributed by atoms with Crippen molar-refractivity contribution in [2.24, 2.45) is 5.92 Å². The quantitative estimate of drug-likeness (QED) is 0.490. The highest BCUT2D eigenvalue weighted by atomic mass is 16.5. The number of hydrogen-bond donors (Lipinski definition) is 1. The van der Waals surface area contributed by atoms with Gasteiger partial charge < -0.3 is 14.6 Å². The van der Waals surface area contributed by atoms with E-state index in [9.17, 15) is 4.79 Å². The first-order chi connectivity index (χ1) is 15.0. The number of benzene rings is 2. The smallest absolute Gasteiger partial charge is 0.227 e. The van der Waals surface area contributed by atoms with Gasteiger partial charge in [-0.15, -0.1) is 0 Å². The Labute approximate surface area is 184 Å². The summed E-state index contributed by atoms with van der Waals surface area (Å²) in [4.78, 5) is 17.0. The molecule has 0 fully saturated rings. The molecule has 1 unspecified atom stereocenters. The molecule has 1 amide bonds. The number of rotatable bonds is 10. The third kappa shape index (κ3) is 6.17. The van der Waals surface area contributed by atoms with E-state index in [-0.39, 0.29) is 17.9 Å². The molecule has 0 aliphatic heterocycles. The second-order valence-electron chi connectivity index (χ2n) is 8.02. The number of carbonyl (C=O) groups excluding carboxylic acids is 1. The van der Waals surface area contributed by atoms with Crippen LogP contribution in [0, 0.1) is 5.92 Å². The minimum absolute atomic E-state index is 0.0271. The Bertz CT molecular complexity index is 962. The Balaban J connectivity index is 1.57. The third-order valence-electron chi connectivity index (χ3n) is 5.24. The molecule has 1 N–H and O–H groups in total. The summed E-state index contributed by atoms with van der Waals surface area (Å²) < 4.78 is 10.5. The third-order valence-corrected chi connectivity index (χ3v) is 5.24. The molecule has 0 bridgehead atoms. The van der Waals surface area contributed by atoms with Gasteiger partial charge in [0.15, 0.2) is 0 Å². The fourth-order valence-corrected chi connectivity index (χ4v) is 3.50. The van der Waals surface area contributed by atoms with Crippen LogP contribution in [-0.4, -0.2) is 23.2 Å². The highest BCUT2D eigenvalue weighted by molar-refractivity contribution is 5.76. The van der Waals surface area contributed by atoms with Crippen molar-refractivity contribution in [3.63, 3.8) is 0 Å². The molecular formula is C25H31N3O3. The lowest BCUT2D eigenvalue weighted by Crippen LogP contribution is -2.31. The molecule has 0 aliphatic carbocycles. The highest BCUT2D eigenvalue weighted by Gasteiger charge is 2.19. The Kier molecular flexibility index (Phi) is 7.82. The van der Waals surface area contributed by atoms with E-state index >= 15 is 0 Å². The zero-order valence-electron chi connectivity index (χ0n) is 18.7. The summed E-state index contributed by atoms with van der Waals surface area (Å²) in [5, 5.41) is 7.18. The van der Waals surface area contributed by atoms with Crippen molar-refractivity contribution < 1.29 is 14.1 Å². The Morgan fingerprint density at radius 3 is 2.39 bits per heavy atom. The van der Waals surface area contributed by atoms with Gasteiger partial charge in [0.1, 0.15) is 5.75 Å². The van der Waals surface area contributed by atoms with Crippen molar-refractivity contribution in [2.75, 3.05) is 7.11 Å². The molecule has 0 saturated heterocycles. The van der Waals surface area contributed by atoms with Crippen molar-refractivity contribution in [1.29, 1.82) is 0 Å². The summed E-state index contributed by atoms with van der Waals surface area (Å²) in [6.45, 7) is 6.41. The maximum atomic E-state index is 12.6. The van der Waals surface area contributed by atoms with Gasteiger partial charge in [0.25, 0.3) is 0 Å². The number of aryl methyl sites for hydroxylation is 2. The first kappa shape index (κ1) is 22.5. The average Bonchev–Trinajstić information content (AvgIpc) is 3.26. The van der Waals surface area contributed by atoms with Gasteiger partial charge >= 0.3 is 0 Å². The zero-order chi connectivity index (χ0) is 22.2. The molecule has 0 saturated carbocycles. The second kappa shape index (κ2) is 10.8. The fourth-order valence-electron chi connectivity index (χ4n) is 3.50. The van der Waals surface area contributed by atoms with Crippen LogP contribution in [0.15, 0.2) is 53.1 Å². The van der Waals surface area contributed by atoms with Crippen LogP contribution in [0.5, 0.6) is 5.75 Å². The van der Waals surface area contributed by atoms with Crippen LogP contribution < -0.4 is 10.1 Å². The average molecular weight is 422 g/mol. The van der Waals surface area contributed by atoms with E-state index in [1.165, 1.54) is 5.56 Å². The van der Waals surface area contributed by atoms with Gasteiger partial charge in [0.05, 0.1) is 13.2 Å². The molecule has 2 aromatic carbocycles.